The molecule has 4 rings (SSSR count). The van der Waals surface area contributed by atoms with E-state index in [1.807, 2.05) is 44.2 Å². The lowest BCUT2D eigenvalue weighted by Gasteiger charge is -2.44. The van der Waals surface area contributed by atoms with Crippen LogP contribution in [0.5, 0.6) is 0 Å². The van der Waals surface area contributed by atoms with E-state index in [1.54, 1.807) is 17.0 Å². The predicted molar refractivity (Wildman–Crippen MR) is 134 cm³/mol. The highest BCUT2D eigenvalue weighted by atomic mass is 79.9. The minimum atomic E-state index is -3.87. The molecule has 2 fully saturated rings. The monoisotopic (exact) mass is 548 g/mol. The van der Waals surface area contributed by atoms with Gasteiger partial charge in [0.25, 0.3) is 0 Å². The van der Waals surface area contributed by atoms with Crippen molar-refractivity contribution in [2.75, 3.05) is 24.7 Å². The highest BCUT2D eigenvalue weighted by Gasteiger charge is 2.51. The third-order valence-electron chi connectivity index (χ3n) is 6.65. The summed E-state index contributed by atoms with van der Waals surface area (Å²) in [4.78, 5) is 30.1. The van der Waals surface area contributed by atoms with Gasteiger partial charge in [0.2, 0.25) is 21.8 Å². The zero-order valence-electron chi connectivity index (χ0n) is 19.2. The molecule has 0 aromatic heterocycles. The molecule has 0 saturated carbocycles. The summed E-state index contributed by atoms with van der Waals surface area (Å²) in [5, 5.41) is 2.96. The maximum atomic E-state index is 13.4. The Kier molecular flexibility index (Phi) is 7.02. The Morgan fingerprint density at radius 3 is 2.26 bits per heavy atom. The number of carbonyl (C=O) groups is 2. The number of nitrogens with one attached hydrogen (secondary N) is 2. The van der Waals surface area contributed by atoms with Crippen LogP contribution in [-0.2, 0) is 19.6 Å². The van der Waals surface area contributed by atoms with Crippen LogP contribution in [0.15, 0.2) is 64.0 Å². The summed E-state index contributed by atoms with van der Waals surface area (Å²) < 4.78 is 29.2. The lowest BCUT2D eigenvalue weighted by molar-refractivity contribution is -0.137. The average Bonchev–Trinajstić information content (AvgIpc) is 3.13. The van der Waals surface area contributed by atoms with Gasteiger partial charge < -0.3 is 15.1 Å². The first-order valence-corrected chi connectivity index (χ1v) is 13.6. The summed E-state index contributed by atoms with van der Waals surface area (Å²) in [6.45, 7) is 4.81. The van der Waals surface area contributed by atoms with E-state index >= 15 is 0 Å². The van der Waals surface area contributed by atoms with Crippen LogP contribution in [0.2, 0.25) is 0 Å². The number of nitrogens with zero attached hydrogens (tertiary/aromatic N) is 2. The second-order valence-corrected chi connectivity index (χ2v) is 11.7. The number of likely N-dealkylation sites (tertiary alicyclic amines) is 1. The number of benzene rings is 2. The Morgan fingerprint density at radius 2 is 1.68 bits per heavy atom. The summed E-state index contributed by atoms with van der Waals surface area (Å²) in [5.74, 6) is -0.542. The minimum absolute atomic E-state index is 0.0280. The number of piperidine rings is 1. The summed E-state index contributed by atoms with van der Waals surface area (Å²) in [7, 11) is -3.87. The molecule has 10 heteroatoms. The van der Waals surface area contributed by atoms with Crippen LogP contribution >= 0.6 is 15.9 Å². The number of carbonyl (C=O) groups excluding carboxylic acids is 2. The van der Waals surface area contributed by atoms with Gasteiger partial charge in [0.05, 0.1) is 11.6 Å². The number of para-hydroxylation sites is 1. The molecule has 2 aliphatic heterocycles. The van der Waals surface area contributed by atoms with Gasteiger partial charge in [0.1, 0.15) is 11.6 Å². The van der Waals surface area contributed by atoms with Gasteiger partial charge in [-0.15, -0.1) is 0 Å². The van der Waals surface area contributed by atoms with E-state index in [1.165, 1.54) is 12.1 Å². The summed E-state index contributed by atoms with van der Waals surface area (Å²) in [5.41, 5.74) is 0.255. The van der Waals surface area contributed by atoms with Crippen molar-refractivity contribution in [3.05, 3.63) is 59.1 Å². The Labute approximate surface area is 208 Å². The fourth-order valence-corrected chi connectivity index (χ4v) is 6.25. The van der Waals surface area contributed by atoms with Crippen molar-refractivity contribution in [2.45, 2.75) is 43.2 Å². The van der Waals surface area contributed by atoms with Gasteiger partial charge in [-0.1, -0.05) is 48.0 Å². The van der Waals surface area contributed by atoms with Crippen molar-refractivity contribution in [1.29, 1.82) is 0 Å². The van der Waals surface area contributed by atoms with Crippen LogP contribution in [0.25, 0.3) is 0 Å². The Hall–Kier alpha value is -2.43. The SMILES string of the molecule is CC(C)C(NS(=O)(=O)c1ccc(Br)cc1)C(=O)N1CCC2(CC1)C(=O)NCN2c1ccccc1. The molecule has 34 heavy (non-hydrogen) atoms. The molecular weight excluding hydrogens is 520 g/mol. The first kappa shape index (κ1) is 24.7. The van der Waals surface area contributed by atoms with Gasteiger partial charge in [-0.2, -0.15) is 4.72 Å². The number of anilines is 1. The van der Waals surface area contributed by atoms with Crippen LogP contribution in [0.3, 0.4) is 0 Å². The number of sulfonamides is 1. The van der Waals surface area contributed by atoms with Crippen LogP contribution in [0, 0.1) is 5.92 Å². The molecule has 2 heterocycles. The van der Waals surface area contributed by atoms with Crippen molar-refractivity contribution < 1.29 is 18.0 Å². The van der Waals surface area contributed by atoms with Crippen LogP contribution < -0.4 is 14.9 Å². The maximum absolute atomic E-state index is 13.4. The molecule has 1 unspecified atom stereocenters. The zero-order chi connectivity index (χ0) is 24.5. The number of hydrogen-bond donors (Lipinski definition) is 2. The quantitative estimate of drug-likeness (QED) is 0.578. The van der Waals surface area contributed by atoms with Gasteiger partial charge >= 0.3 is 0 Å². The number of halogens is 1. The molecular formula is C24H29BrN4O4S. The standard InChI is InChI=1S/C24H29BrN4O4S/c1-17(2)21(27-34(32,33)20-10-8-18(25)9-11-20)22(30)28-14-12-24(13-15-28)23(31)26-16-29(24)19-6-4-3-5-7-19/h3-11,17,21,27H,12-16H2,1-2H3,(H,26,31). The van der Waals surface area contributed by atoms with E-state index < -0.39 is 21.6 Å². The van der Waals surface area contributed by atoms with Crippen LogP contribution in [-0.4, -0.2) is 56.5 Å². The van der Waals surface area contributed by atoms with Crippen molar-refractivity contribution in [3.8, 4) is 0 Å². The third kappa shape index (κ3) is 4.71. The Balaban J connectivity index is 1.49. The van der Waals surface area contributed by atoms with Crippen molar-refractivity contribution in [2.24, 2.45) is 5.92 Å². The summed E-state index contributed by atoms with van der Waals surface area (Å²) >= 11 is 3.30. The molecule has 182 valence electrons. The second-order valence-electron chi connectivity index (χ2n) is 9.08. The zero-order valence-corrected chi connectivity index (χ0v) is 21.6. The van der Waals surface area contributed by atoms with Crippen molar-refractivity contribution in [1.82, 2.24) is 14.9 Å². The summed E-state index contributed by atoms with van der Waals surface area (Å²) in [6, 6.07) is 15.2. The fourth-order valence-electron chi connectivity index (χ4n) is 4.65. The summed E-state index contributed by atoms with van der Waals surface area (Å²) in [6.07, 6.45) is 0.952. The molecule has 0 aliphatic carbocycles. The van der Waals surface area contributed by atoms with Gasteiger partial charge in [0, 0.05) is 23.2 Å². The van der Waals surface area contributed by atoms with Gasteiger partial charge in [-0.3, -0.25) is 9.59 Å². The maximum Gasteiger partial charge on any atom is 0.247 e. The fraction of sp³-hybridized carbons (Fsp3) is 0.417. The largest absolute Gasteiger partial charge is 0.341 e. The molecule has 1 spiro atoms. The van der Waals surface area contributed by atoms with Crippen molar-refractivity contribution in [3.63, 3.8) is 0 Å². The number of rotatable bonds is 6. The number of hydrogen-bond acceptors (Lipinski definition) is 5. The number of amides is 2. The smallest absolute Gasteiger partial charge is 0.247 e. The lowest BCUT2D eigenvalue weighted by Crippen LogP contribution is -2.60. The van der Waals surface area contributed by atoms with Gasteiger partial charge in [-0.05, 0) is 55.2 Å². The van der Waals surface area contributed by atoms with E-state index in [0.717, 1.165) is 10.2 Å². The van der Waals surface area contributed by atoms with Crippen LogP contribution in [0.1, 0.15) is 26.7 Å². The minimum Gasteiger partial charge on any atom is -0.341 e. The van der Waals surface area contributed by atoms with E-state index in [9.17, 15) is 18.0 Å². The predicted octanol–water partition coefficient (Wildman–Crippen LogP) is 2.71. The van der Waals surface area contributed by atoms with E-state index in [4.69, 9.17) is 0 Å². The molecule has 2 aromatic rings. The Morgan fingerprint density at radius 1 is 1.06 bits per heavy atom. The first-order valence-electron chi connectivity index (χ1n) is 11.3. The molecule has 2 aromatic carbocycles. The normalized spacial score (nSPS) is 18.9. The molecule has 0 radical (unpaired) electrons. The van der Waals surface area contributed by atoms with Crippen LogP contribution in [0.4, 0.5) is 5.69 Å². The van der Waals surface area contributed by atoms with Crippen molar-refractivity contribution >= 4 is 43.5 Å². The third-order valence-corrected chi connectivity index (χ3v) is 8.63. The van der Waals surface area contributed by atoms with E-state index in [2.05, 4.69) is 30.9 Å². The first-order chi connectivity index (χ1) is 16.1. The van der Waals surface area contributed by atoms with E-state index in [0.29, 0.717) is 32.6 Å². The Bertz CT molecular complexity index is 1150. The highest BCUT2D eigenvalue weighted by Crippen LogP contribution is 2.36. The average molecular weight is 549 g/mol. The topological polar surface area (TPSA) is 98.8 Å². The molecule has 2 N–H and O–H groups in total. The molecule has 8 nitrogen and oxygen atoms in total. The molecule has 2 saturated heterocycles. The highest BCUT2D eigenvalue weighted by molar-refractivity contribution is 9.10. The second kappa shape index (κ2) is 9.67. The molecule has 2 amide bonds. The lowest BCUT2D eigenvalue weighted by atomic mass is 9.85. The van der Waals surface area contributed by atoms with Gasteiger partial charge in [-0.25, -0.2) is 8.42 Å². The van der Waals surface area contributed by atoms with Gasteiger partial charge in [0.15, 0.2) is 0 Å². The molecule has 0 bridgehead atoms. The molecule has 2 aliphatic rings. The van der Waals surface area contributed by atoms with E-state index in [-0.39, 0.29) is 22.6 Å². The molecule has 1 atom stereocenters.